The summed E-state index contributed by atoms with van der Waals surface area (Å²) < 4.78 is 10.9. The first-order chi connectivity index (χ1) is 13.0. The van der Waals surface area contributed by atoms with Crippen LogP contribution in [0.2, 0.25) is 0 Å². The lowest BCUT2D eigenvalue weighted by molar-refractivity contribution is -0.901. The minimum atomic E-state index is -0.337. The smallest absolute Gasteiger partial charge is 0.338 e. The van der Waals surface area contributed by atoms with Gasteiger partial charge in [-0.05, 0) is 43.8 Å². The highest BCUT2D eigenvalue weighted by Crippen LogP contribution is 2.30. The van der Waals surface area contributed by atoms with Crippen molar-refractivity contribution in [2.24, 2.45) is 0 Å². The van der Waals surface area contributed by atoms with Gasteiger partial charge < -0.3 is 25.0 Å². The van der Waals surface area contributed by atoms with E-state index in [0.29, 0.717) is 17.3 Å². The van der Waals surface area contributed by atoms with Gasteiger partial charge in [-0.1, -0.05) is 6.07 Å². The van der Waals surface area contributed by atoms with Crippen LogP contribution in [0.5, 0.6) is 5.75 Å². The molecule has 7 heteroatoms. The number of quaternary nitrogens is 1. The molecular weight excluding hydrogens is 362 g/mol. The fraction of sp³-hybridized carbons (Fsp3) is 0.500. The second-order valence-electron chi connectivity index (χ2n) is 7.00. The Kier molecular flexibility index (Phi) is 6.34. The number of methoxy groups -OCH3 is 1. The highest BCUT2D eigenvalue weighted by atomic mass is 32.1. The van der Waals surface area contributed by atoms with Gasteiger partial charge >= 0.3 is 5.97 Å². The highest BCUT2D eigenvalue weighted by molar-refractivity contribution is 7.80. The van der Waals surface area contributed by atoms with Crippen molar-refractivity contribution in [3.8, 4) is 5.75 Å². The number of hydrogen-bond acceptors (Lipinski definition) is 4. The van der Waals surface area contributed by atoms with E-state index in [-0.39, 0.29) is 12.0 Å². The number of hydrogen-bond donors (Lipinski definition) is 3. The topological polar surface area (TPSA) is 64.0 Å². The van der Waals surface area contributed by atoms with E-state index in [0.717, 1.165) is 29.1 Å². The molecule has 3 rings (SSSR count). The Labute approximate surface area is 165 Å². The normalized spacial score (nSPS) is 20.3. The summed E-state index contributed by atoms with van der Waals surface area (Å²) in [6, 6.07) is 5.75. The first kappa shape index (κ1) is 19.6. The predicted molar refractivity (Wildman–Crippen MR) is 108 cm³/mol. The lowest BCUT2D eigenvalue weighted by Gasteiger charge is -2.30. The Morgan fingerprint density at radius 1 is 1.33 bits per heavy atom. The number of esters is 1. The molecule has 146 valence electrons. The van der Waals surface area contributed by atoms with Crippen molar-refractivity contribution in [1.82, 2.24) is 10.6 Å². The van der Waals surface area contributed by atoms with Gasteiger partial charge in [0.1, 0.15) is 12.3 Å². The van der Waals surface area contributed by atoms with Crippen molar-refractivity contribution in [1.29, 1.82) is 0 Å². The van der Waals surface area contributed by atoms with E-state index in [2.05, 4.69) is 16.7 Å². The number of carbonyl (C=O) groups is 1. The summed E-state index contributed by atoms with van der Waals surface area (Å²) in [7, 11) is 1.70. The number of benzene rings is 1. The lowest BCUT2D eigenvalue weighted by atomic mass is 9.94. The zero-order valence-electron chi connectivity index (χ0n) is 16.2. The molecule has 0 aliphatic carbocycles. The molecule has 1 atom stereocenters. The van der Waals surface area contributed by atoms with E-state index in [1.165, 1.54) is 25.9 Å². The molecule has 2 aliphatic rings. The van der Waals surface area contributed by atoms with Gasteiger partial charge in [0, 0.05) is 24.1 Å². The SMILES string of the molecule is CCOC(=O)C1=C(C)NC(=S)N[C@@H]1c1ccc(OC)c(C[NH+]2CCCC2)c1. The van der Waals surface area contributed by atoms with E-state index in [1.807, 2.05) is 19.1 Å². The third kappa shape index (κ3) is 4.42. The molecular formula is C20H28N3O3S+. The van der Waals surface area contributed by atoms with Crippen molar-refractivity contribution < 1.29 is 19.2 Å². The molecule has 0 amide bonds. The average molecular weight is 391 g/mol. The second-order valence-corrected chi connectivity index (χ2v) is 7.40. The molecule has 0 spiro atoms. The van der Waals surface area contributed by atoms with E-state index >= 15 is 0 Å². The van der Waals surface area contributed by atoms with Crippen LogP contribution < -0.4 is 20.3 Å². The number of nitrogens with one attached hydrogen (secondary N) is 3. The molecule has 2 heterocycles. The Balaban J connectivity index is 1.95. The van der Waals surface area contributed by atoms with Crippen molar-refractivity contribution in [3.63, 3.8) is 0 Å². The Morgan fingerprint density at radius 2 is 2.07 bits per heavy atom. The van der Waals surface area contributed by atoms with E-state index in [1.54, 1.807) is 18.9 Å². The Bertz CT molecular complexity index is 757. The minimum absolute atomic E-state index is 0.329. The van der Waals surface area contributed by atoms with Crippen LogP contribution in [0.4, 0.5) is 0 Å². The monoisotopic (exact) mass is 390 g/mol. The van der Waals surface area contributed by atoms with Crippen LogP contribution in [0.3, 0.4) is 0 Å². The summed E-state index contributed by atoms with van der Waals surface area (Å²) in [6.07, 6.45) is 2.55. The molecule has 6 nitrogen and oxygen atoms in total. The van der Waals surface area contributed by atoms with Gasteiger partial charge in [-0.2, -0.15) is 0 Å². The second kappa shape index (κ2) is 8.71. The Morgan fingerprint density at radius 3 is 2.74 bits per heavy atom. The van der Waals surface area contributed by atoms with Crippen molar-refractivity contribution in [3.05, 3.63) is 40.6 Å². The number of allylic oxidation sites excluding steroid dienone is 1. The summed E-state index contributed by atoms with van der Waals surface area (Å²) in [5, 5.41) is 6.77. The number of ether oxygens (including phenoxy) is 2. The largest absolute Gasteiger partial charge is 0.496 e. The van der Waals surface area contributed by atoms with Crippen LogP contribution in [0, 0.1) is 0 Å². The van der Waals surface area contributed by atoms with Crippen LogP contribution in [-0.4, -0.2) is 37.9 Å². The van der Waals surface area contributed by atoms with Gasteiger partial charge in [0.25, 0.3) is 0 Å². The summed E-state index contributed by atoms with van der Waals surface area (Å²) in [6.45, 7) is 7.29. The van der Waals surface area contributed by atoms with Crippen LogP contribution >= 0.6 is 12.2 Å². The van der Waals surface area contributed by atoms with E-state index in [9.17, 15) is 4.79 Å². The minimum Gasteiger partial charge on any atom is -0.496 e. The third-order valence-corrected chi connectivity index (χ3v) is 5.37. The molecule has 0 saturated carbocycles. The van der Waals surface area contributed by atoms with Crippen molar-refractivity contribution >= 4 is 23.3 Å². The molecule has 0 aromatic heterocycles. The molecule has 0 unspecified atom stereocenters. The lowest BCUT2D eigenvalue weighted by Crippen LogP contribution is -3.08. The van der Waals surface area contributed by atoms with Crippen molar-refractivity contribution in [2.75, 3.05) is 26.8 Å². The van der Waals surface area contributed by atoms with Gasteiger partial charge in [-0.25, -0.2) is 4.79 Å². The number of rotatable bonds is 6. The van der Waals surface area contributed by atoms with Crippen LogP contribution in [0.15, 0.2) is 29.5 Å². The molecule has 1 aromatic carbocycles. The van der Waals surface area contributed by atoms with Gasteiger partial charge in [0.05, 0.1) is 38.4 Å². The first-order valence-electron chi connectivity index (χ1n) is 9.49. The Hall–Kier alpha value is -2.12. The number of carbonyl (C=O) groups excluding carboxylic acids is 1. The summed E-state index contributed by atoms with van der Waals surface area (Å²) in [5.74, 6) is 0.554. The quantitative estimate of drug-likeness (QED) is 0.502. The molecule has 1 aromatic rings. The van der Waals surface area contributed by atoms with Crippen LogP contribution in [-0.2, 0) is 16.1 Å². The predicted octanol–water partition coefficient (Wildman–Crippen LogP) is 1.23. The fourth-order valence-corrected chi connectivity index (χ4v) is 4.13. The number of thiocarbonyl (C=S) groups is 1. The molecule has 0 bridgehead atoms. The van der Waals surface area contributed by atoms with Gasteiger partial charge in [0.15, 0.2) is 5.11 Å². The average Bonchev–Trinajstić information content (AvgIpc) is 3.14. The van der Waals surface area contributed by atoms with Crippen LogP contribution in [0.25, 0.3) is 0 Å². The van der Waals surface area contributed by atoms with E-state index < -0.39 is 0 Å². The molecule has 0 radical (unpaired) electrons. The fourth-order valence-electron chi connectivity index (χ4n) is 3.86. The maximum Gasteiger partial charge on any atom is 0.338 e. The third-order valence-electron chi connectivity index (χ3n) is 5.15. The molecule has 2 aliphatic heterocycles. The summed E-state index contributed by atoms with van der Waals surface area (Å²) in [4.78, 5) is 14.1. The maximum atomic E-state index is 12.6. The highest BCUT2D eigenvalue weighted by Gasteiger charge is 2.31. The summed E-state index contributed by atoms with van der Waals surface area (Å²) >= 11 is 5.32. The van der Waals surface area contributed by atoms with Gasteiger partial charge in [-0.15, -0.1) is 0 Å². The molecule has 3 N–H and O–H groups in total. The van der Waals surface area contributed by atoms with Crippen molar-refractivity contribution in [2.45, 2.75) is 39.3 Å². The molecule has 1 saturated heterocycles. The standard InChI is InChI=1S/C20H27N3O3S/c1-4-26-19(24)17-13(2)21-20(27)22-18(17)14-7-8-16(25-3)15(11-14)12-23-9-5-6-10-23/h7-8,11,18H,4-6,9-10,12H2,1-3H3,(H2,21,22,27)/p+1/t18-/m1/s1. The zero-order valence-corrected chi connectivity index (χ0v) is 17.0. The van der Waals surface area contributed by atoms with Gasteiger partial charge in [-0.3, -0.25) is 0 Å². The summed E-state index contributed by atoms with van der Waals surface area (Å²) in [5.41, 5.74) is 3.43. The molecule has 27 heavy (non-hydrogen) atoms. The van der Waals surface area contributed by atoms with Gasteiger partial charge in [0.2, 0.25) is 0 Å². The van der Waals surface area contributed by atoms with Crippen LogP contribution in [0.1, 0.15) is 43.9 Å². The zero-order chi connectivity index (χ0) is 19.4. The first-order valence-corrected chi connectivity index (χ1v) is 9.90. The number of likely N-dealkylation sites (tertiary alicyclic amines) is 1. The van der Waals surface area contributed by atoms with E-state index in [4.69, 9.17) is 21.7 Å². The maximum absolute atomic E-state index is 12.6. The molecule has 1 fully saturated rings.